The maximum absolute atomic E-state index is 13.5. The predicted octanol–water partition coefficient (Wildman–Crippen LogP) is 3.48. The number of thiazole rings is 1. The highest BCUT2D eigenvalue weighted by atomic mass is 32.1. The number of nitrogens with one attached hydrogen (secondary N) is 1. The van der Waals surface area contributed by atoms with Gasteiger partial charge in [-0.05, 0) is 36.7 Å². The third-order valence-corrected chi connectivity index (χ3v) is 3.58. The number of nitrogens with zero attached hydrogens (tertiary/aromatic N) is 1. The molecule has 2 aromatic rings. The van der Waals surface area contributed by atoms with Crippen molar-refractivity contribution in [2.24, 2.45) is 0 Å². The van der Waals surface area contributed by atoms with Gasteiger partial charge >= 0.3 is 0 Å². The molecular formula is C14H17FN2S. The third-order valence-electron chi connectivity index (χ3n) is 2.78. The lowest BCUT2D eigenvalue weighted by molar-refractivity contribution is 0.541. The fraction of sp³-hybridized carbons (Fsp3) is 0.357. The summed E-state index contributed by atoms with van der Waals surface area (Å²) < 4.78 is 13.5. The molecule has 0 aliphatic heterocycles. The Kier molecular flexibility index (Phi) is 4.44. The number of likely N-dealkylation sites (N-methyl/N-ethyl adjacent to an activating group) is 1. The molecule has 2 nitrogen and oxygen atoms in total. The molecule has 0 aliphatic carbocycles. The van der Waals surface area contributed by atoms with Crippen LogP contribution >= 0.6 is 11.3 Å². The topological polar surface area (TPSA) is 24.9 Å². The summed E-state index contributed by atoms with van der Waals surface area (Å²) in [5, 5.41) is 6.43. The minimum atomic E-state index is -0.174. The van der Waals surface area contributed by atoms with Gasteiger partial charge in [0, 0.05) is 24.0 Å². The molecule has 0 aliphatic rings. The average Bonchev–Trinajstić information content (AvgIpc) is 2.80. The summed E-state index contributed by atoms with van der Waals surface area (Å²) in [6, 6.07) is 5.31. The number of aromatic nitrogens is 1. The summed E-state index contributed by atoms with van der Waals surface area (Å²) in [6.07, 6.45) is 2.61. The van der Waals surface area contributed by atoms with E-state index >= 15 is 0 Å². The first-order valence-electron chi connectivity index (χ1n) is 6.08. The number of rotatable bonds is 5. The van der Waals surface area contributed by atoms with Crippen molar-refractivity contribution in [2.75, 3.05) is 6.54 Å². The minimum absolute atomic E-state index is 0.121. The van der Waals surface area contributed by atoms with E-state index in [1.165, 1.54) is 0 Å². The molecule has 0 saturated carbocycles. The van der Waals surface area contributed by atoms with E-state index in [-0.39, 0.29) is 11.9 Å². The molecular weight excluding hydrogens is 247 g/mol. The second-order valence-corrected chi connectivity index (χ2v) is 5.28. The van der Waals surface area contributed by atoms with Crippen LogP contribution in [0.4, 0.5) is 4.39 Å². The van der Waals surface area contributed by atoms with Gasteiger partial charge < -0.3 is 5.32 Å². The van der Waals surface area contributed by atoms with Crippen molar-refractivity contribution in [3.05, 3.63) is 51.7 Å². The minimum Gasteiger partial charge on any atom is -0.310 e. The second-order valence-electron chi connectivity index (χ2n) is 4.30. The lowest BCUT2D eigenvalue weighted by Crippen LogP contribution is -2.23. The van der Waals surface area contributed by atoms with Gasteiger partial charge in [0.2, 0.25) is 0 Å². The Bertz CT molecular complexity index is 476. The van der Waals surface area contributed by atoms with E-state index in [9.17, 15) is 4.39 Å². The van der Waals surface area contributed by atoms with Gasteiger partial charge in [-0.3, -0.25) is 0 Å². The van der Waals surface area contributed by atoms with Gasteiger partial charge in [-0.1, -0.05) is 13.0 Å². The normalized spacial score (nSPS) is 12.6. The molecule has 0 fully saturated rings. The van der Waals surface area contributed by atoms with Crippen LogP contribution < -0.4 is 5.32 Å². The molecule has 1 unspecified atom stereocenters. The zero-order valence-electron chi connectivity index (χ0n) is 10.6. The van der Waals surface area contributed by atoms with Gasteiger partial charge in [-0.25, -0.2) is 9.37 Å². The van der Waals surface area contributed by atoms with E-state index < -0.39 is 0 Å². The Hall–Kier alpha value is -1.26. The number of hydrogen-bond acceptors (Lipinski definition) is 3. The van der Waals surface area contributed by atoms with Crippen molar-refractivity contribution in [3.8, 4) is 0 Å². The van der Waals surface area contributed by atoms with Gasteiger partial charge in [0.05, 0.1) is 5.01 Å². The van der Waals surface area contributed by atoms with Crippen LogP contribution in [-0.2, 0) is 6.42 Å². The lowest BCUT2D eigenvalue weighted by atomic mass is 10.0. The lowest BCUT2D eigenvalue weighted by Gasteiger charge is -2.18. The van der Waals surface area contributed by atoms with Gasteiger partial charge in [0.1, 0.15) is 5.82 Å². The molecule has 1 aromatic heterocycles. The molecule has 1 N–H and O–H groups in total. The summed E-state index contributed by atoms with van der Waals surface area (Å²) in [6.45, 7) is 4.82. The van der Waals surface area contributed by atoms with Crippen LogP contribution in [0.25, 0.3) is 0 Å². The van der Waals surface area contributed by atoms with Crippen molar-refractivity contribution in [1.29, 1.82) is 0 Å². The Morgan fingerprint density at radius 3 is 2.83 bits per heavy atom. The summed E-state index contributed by atoms with van der Waals surface area (Å²) >= 11 is 1.64. The van der Waals surface area contributed by atoms with Gasteiger partial charge in [-0.2, -0.15) is 0 Å². The molecule has 1 heterocycles. The highest BCUT2D eigenvalue weighted by Gasteiger charge is 2.13. The maximum atomic E-state index is 13.5. The SMILES string of the molecule is CCNC(Cc1nccs1)c1cc(C)cc(F)c1. The highest BCUT2D eigenvalue weighted by molar-refractivity contribution is 7.09. The van der Waals surface area contributed by atoms with Crippen molar-refractivity contribution in [2.45, 2.75) is 26.3 Å². The van der Waals surface area contributed by atoms with Crippen molar-refractivity contribution < 1.29 is 4.39 Å². The van der Waals surface area contributed by atoms with E-state index in [0.29, 0.717) is 0 Å². The Morgan fingerprint density at radius 2 is 2.22 bits per heavy atom. The summed E-state index contributed by atoms with van der Waals surface area (Å²) in [7, 11) is 0. The highest BCUT2D eigenvalue weighted by Crippen LogP contribution is 2.21. The molecule has 96 valence electrons. The predicted molar refractivity (Wildman–Crippen MR) is 73.4 cm³/mol. The van der Waals surface area contributed by atoms with Crippen LogP contribution in [-0.4, -0.2) is 11.5 Å². The molecule has 4 heteroatoms. The molecule has 1 atom stereocenters. The average molecular weight is 264 g/mol. The Labute approximate surface area is 111 Å². The summed E-state index contributed by atoms with van der Waals surface area (Å²) in [5.41, 5.74) is 1.94. The third kappa shape index (κ3) is 3.37. The maximum Gasteiger partial charge on any atom is 0.123 e. The molecule has 0 spiro atoms. The second kappa shape index (κ2) is 6.07. The Morgan fingerprint density at radius 1 is 1.39 bits per heavy atom. The molecule has 1 aromatic carbocycles. The number of hydrogen-bond donors (Lipinski definition) is 1. The zero-order chi connectivity index (χ0) is 13.0. The Balaban J connectivity index is 2.23. The van der Waals surface area contributed by atoms with E-state index in [2.05, 4.69) is 17.2 Å². The van der Waals surface area contributed by atoms with E-state index in [1.54, 1.807) is 29.7 Å². The van der Waals surface area contributed by atoms with Crippen LogP contribution in [0.2, 0.25) is 0 Å². The zero-order valence-corrected chi connectivity index (χ0v) is 11.4. The summed E-state index contributed by atoms with van der Waals surface area (Å²) in [5.74, 6) is -0.174. The standard InChI is InChI=1S/C14H17FN2S/c1-3-16-13(9-14-17-4-5-18-14)11-6-10(2)7-12(15)8-11/h4-8,13,16H,3,9H2,1-2H3. The number of halogens is 1. The molecule has 0 saturated heterocycles. The van der Waals surface area contributed by atoms with Crippen LogP contribution in [0.3, 0.4) is 0 Å². The van der Waals surface area contributed by atoms with Crippen molar-refractivity contribution in [3.63, 3.8) is 0 Å². The number of benzene rings is 1. The quantitative estimate of drug-likeness (QED) is 0.894. The van der Waals surface area contributed by atoms with Gasteiger partial charge in [0.15, 0.2) is 0 Å². The van der Waals surface area contributed by atoms with Crippen LogP contribution in [0.5, 0.6) is 0 Å². The van der Waals surface area contributed by atoms with Crippen LogP contribution in [0.15, 0.2) is 29.8 Å². The fourth-order valence-electron chi connectivity index (χ4n) is 2.05. The molecule has 18 heavy (non-hydrogen) atoms. The van der Waals surface area contributed by atoms with Gasteiger partial charge in [-0.15, -0.1) is 11.3 Å². The van der Waals surface area contributed by atoms with E-state index in [0.717, 1.165) is 29.1 Å². The molecule has 0 radical (unpaired) electrons. The van der Waals surface area contributed by atoms with E-state index in [4.69, 9.17) is 0 Å². The fourth-order valence-corrected chi connectivity index (χ4v) is 2.71. The van der Waals surface area contributed by atoms with E-state index in [1.807, 2.05) is 18.4 Å². The van der Waals surface area contributed by atoms with Crippen LogP contribution in [0.1, 0.15) is 29.1 Å². The van der Waals surface area contributed by atoms with Crippen LogP contribution in [0, 0.1) is 12.7 Å². The molecule has 2 rings (SSSR count). The number of aryl methyl sites for hydroxylation is 1. The monoisotopic (exact) mass is 264 g/mol. The molecule has 0 bridgehead atoms. The van der Waals surface area contributed by atoms with Crippen molar-refractivity contribution in [1.82, 2.24) is 10.3 Å². The van der Waals surface area contributed by atoms with Gasteiger partial charge in [0.25, 0.3) is 0 Å². The van der Waals surface area contributed by atoms with Crippen molar-refractivity contribution >= 4 is 11.3 Å². The molecule has 0 amide bonds. The first kappa shape index (κ1) is 13.2. The first-order chi connectivity index (χ1) is 8.69. The largest absolute Gasteiger partial charge is 0.310 e. The smallest absolute Gasteiger partial charge is 0.123 e. The summed E-state index contributed by atoms with van der Waals surface area (Å²) in [4.78, 5) is 4.29. The first-order valence-corrected chi connectivity index (χ1v) is 6.96.